The van der Waals surface area contributed by atoms with E-state index in [0.717, 1.165) is 46.3 Å². The second-order valence-corrected chi connectivity index (χ2v) is 5.42. The average Bonchev–Trinajstić information content (AvgIpc) is 2.50. The van der Waals surface area contributed by atoms with Gasteiger partial charge in [0.2, 0.25) is 0 Å². The Hall–Kier alpha value is -2.00. The maximum atomic E-state index is 6.28. The number of nitrogens with zero attached hydrogens (tertiary/aromatic N) is 3. The van der Waals surface area contributed by atoms with E-state index in [1.54, 1.807) is 0 Å². The van der Waals surface area contributed by atoms with E-state index < -0.39 is 0 Å². The summed E-state index contributed by atoms with van der Waals surface area (Å²) in [5.74, 6) is 0.788. The molecule has 0 aliphatic carbocycles. The van der Waals surface area contributed by atoms with Crippen molar-refractivity contribution in [3.63, 3.8) is 0 Å². The molecule has 4 heteroatoms. The summed E-state index contributed by atoms with van der Waals surface area (Å²) in [6.45, 7) is 4.06. The van der Waals surface area contributed by atoms with Crippen molar-refractivity contribution in [2.24, 2.45) is 0 Å². The number of rotatable bonds is 3. The summed E-state index contributed by atoms with van der Waals surface area (Å²) in [6.07, 6.45) is 5.53. The first-order chi connectivity index (χ1) is 10.2. The predicted octanol–water partition coefficient (Wildman–Crippen LogP) is 4.61. The molecule has 2 aromatic heterocycles. The quantitative estimate of drug-likeness (QED) is 0.663. The third kappa shape index (κ3) is 2.61. The molecule has 0 N–H and O–H groups in total. The van der Waals surface area contributed by atoms with Gasteiger partial charge in [-0.2, -0.15) is 0 Å². The SMILES string of the molecule is CCCc1nc(Cl)c(C)c(-c2cncc3ccccc23)n1. The smallest absolute Gasteiger partial charge is 0.136 e. The number of hydrogen-bond donors (Lipinski definition) is 0. The van der Waals surface area contributed by atoms with E-state index in [9.17, 15) is 0 Å². The van der Waals surface area contributed by atoms with Crippen LogP contribution in [0.1, 0.15) is 24.7 Å². The van der Waals surface area contributed by atoms with Crippen LogP contribution in [0.5, 0.6) is 0 Å². The van der Waals surface area contributed by atoms with Crippen LogP contribution >= 0.6 is 11.6 Å². The van der Waals surface area contributed by atoms with Crippen LogP contribution in [0.25, 0.3) is 22.0 Å². The van der Waals surface area contributed by atoms with Crippen LogP contribution in [0.4, 0.5) is 0 Å². The number of aromatic nitrogens is 3. The molecule has 0 aliphatic heterocycles. The van der Waals surface area contributed by atoms with Crippen LogP contribution in [0.2, 0.25) is 5.15 Å². The monoisotopic (exact) mass is 297 g/mol. The maximum Gasteiger partial charge on any atom is 0.136 e. The molecule has 0 radical (unpaired) electrons. The number of halogens is 1. The van der Waals surface area contributed by atoms with Crippen molar-refractivity contribution in [1.29, 1.82) is 0 Å². The van der Waals surface area contributed by atoms with Gasteiger partial charge in [0, 0.05) is 35.3 Å². The average molecular weight is 298 g/mol. The molecule has 0 atom stereocenters. The van der Waals surface area contributed by atoms with E-state index in [0.29, 0.717) is 5.15 Å². The lowest BCUT2D eigenvalue weighted by Crippen LogP contribution is -2.01. The zero-order chi connectivity index (χ0) is 14.8. The van der Waals surface area contributed by atoms with E-state index in [1.165, 1.54) is 0 Å². The molecule has 3 aromatic rings. The minimum Gasteiger partial charge on any atom is -0.263 e. The molecule has 0 aliphatic rings. The highest BCUT2D eigenvalue weighted by molar-refractivity contribution is 6.30. The Labute approximate surface area is 129 Å². The third-order valence-electron chi connectivity index (χ3n) is 3.53. The minimum absolute atomic E-state index is 0.524. The largest absolute Gasteiger partial charge is 0.263 e. The van der Waals surface area contributed by atoms with E-state index in [1.807, 2.05) is 31.5 Å². The molecule has 0 amide bonds. The third-order valence-corrected chi connectivity index (χ3v) is 3.90. The van der Waals surface area contributed by atoms with Crippen molar-refractivity contribution >= 4 is 22.4 Å². The summed E-state index contributed by atoms with van der Waals surface area (Å²) in [6, 6.07) is 8.17. The summed E-state index contributed by atoms with van der Waals surface area (Å²) < 4.78 is 0. The molecule has 21 heavy (non-hydrogen) atoms. The van der Waals surface area contributed by atoms with Crippen molar-refractivity contribution in [3.05, 3.63) is 53.2 Å². The van der Waals surface area contributed by atoms with Gasteiger partial charge in [0.05, 0.1) is 5.69 Å². The lowest BCUT2D eigenvalue weighted by Gasteiger charge is -2.11. The molecule has 3 rings (SSSR count). The van der Waals surface area contributed by atoms with E-state index >= 15 is 0 Å². The van der Waals surface area contributed by atoms with Gasteiger partial charge in [0.1, 0.15) is 11.0 Å². The topological polar surface area (TPSA) is 38.7 Å². The van der Waals surface area contributed by atoms with Gasteiger partial charge in [0.25, 0.3) is 0 Å². The Kier molecular flexibility index (Phi) is 3.84. The fraction of sp³-hybridized carbons (Fsp3) is 0.235. The zero-order valence-corrected chi connectivity index (χ0v) is 12.9. The van der Waals surface area contributed by atoms with Crippen LogP contribution in [-0.4, -0.2) is 15.0 Å². The van der Waals surface area contributed by atoms with Crippen LogP contribution in [-0.2, 0) is 6.42 Å². The molecule has 2 heterocycles. The molecule has 106 valence electrons. The van der Waals surface area contributed by atoms with E-state index in [4.69, 9.17) is 16.6 Å². The van der Waals surface area contributed by atoms with Crippen molar-refractivity contribution in [1.82, 2.24) is 15.0 Å². The lowest BCUT2D eigenvalue weighted by molar-refractivity contribution is 0.833. The summed E-state index contributed by atoms with van der Waals surface area (Å²) in [5.41, 5.74) is 2.78. The summed E-state index contributed by atoms with van der Waals surface area (Å²) >= 11 is 6.28. The Morgan fingerprint density at radius 2 is 1.90 bits per heavy atom. The molecule has 0 saturated heterocycles. The first-order valence-corrected chi connectivity index (χ1v) is 7.44. The molecule has 0 unspecified atom stereocenters. The van der Waals surface area contributed by atoms with E-state index in [2.05, 4.69) is 29.0 Å². The Balaban J connectivity index is 2.27. The van der Waals surface area contributed by atoms with Crippen LogP contribution in [0.15, 0.2) is 36.7 Å². The lowest BCUT2D eigenvalue weighted by atomic mass is 10.0. The first kappa shape index (κ1) is 14.0. The molecule has 0 fully saturated rings. The highest BCUT2D eigenvalue weighted by Crippen LogP contribution is 2.31. The normalized spacial score (nSPS) is 11.0. The van der Waals surface area contributed by atoms with Crippen molar-refractivity contribution in [2.45, 2.75) is 26.7 Å². The van der Waals surface area contributed by atoms with Gasteiger partial charge in [0.15, 0.2) is 0 Å². The summed E-state index contributed by atoms with van der Waals surface area (Å²) in [7, 11) is 0. The van der Waals surface area contributed by atoms with Crippen LogP contribution < -0.4 is 0 Å². The minimum atomic E-state index is 0.524. The number of pyridine rings is 1. The van der Waals surface area contributed by atoms with Gasteiger partial charge in [-0.05, 0) is 18.7 Å². The van der Waals surface area contributed by atoms with Crippen molar-refractivity contribution in [2.75, 3.05) is 0 Å². The van der Waals surface area contributed by atoms with Crippen molar-refractivity contribution in [3.8, 4) is 11.3 Å². The van der Waals surface area contributed by atoms with Gasteiger partial charge in [-0.3, -0.25) is 4.98 Å². The number of hydrogen-bond acceptors (Lipinski definition) is 3. The molecule has 0 spiro atoms. The Morgan fingerprint density at radius 1 is 1.10 bits per heavy atom. The number of benzene rings is 1. The van der Waals surface area contributed by atoms with Crippen molar-refractivity contribution < 1.29 is 0 Å². The molecule has 0 bridgehead atoms. The summed E-state index contributed by atoms with van der Waals surface area (Å²) in [5, 5.41) is 2.75. The second kappa shape index (κ2) is 5.78. The fourth-order valence-corrected chi connectivity index (χ4v) is 2.62. The van der Waals surface area contributed by atoms with Gasteiger partial charge in [-0.15, -0.1) is 0 Å². The second-order valence-electron chi connectivity index (χ2n) is 5.06. The molecular weight excluding hydrogens is 282 g/mol. The molecule has 3 nitrogen and oxygen atoms in total. The van der Waals surface area contributed by atoms with Gasteiger partial charge in [-0.1, -0.05) is 42.8 Å². The summed E-state index contributed by atoms with van der Waals surface area (Å²) in [4.78, 5) is 13.4. The number of aryl methyl sites for hydroxylation is 1. The van der Waals surface area contributed by atoms with Crippen LogP contribution in [0, 0.1) is 6.92 Å². The van der Waals surface area contributed by atoms with Gasteiger partial charge >= 0.3 is 0 Å². The zero-order valence-electron chi connectivity index (χ0n) is 12.1. The molecular formula is C17H16ClN3. The highest BCUT2D eigenvalue weighted by Gasteiger charge is 2.13. The van der Waals surface area contributed by atoms with E-state index in [-0.39, 0.29) is 0 Å². The van der Waals surface area contributed by atoms with Gasteiger partial charge < -0.3 is 0 Å². The maximum absolute atomic E-state index is 6.28. The Morgan fingerprint density at radius 3 is 2.71 bits per heavy atom. The standard InChI is InChI=1S/C17H16ClN3/c1-3-6-15-20-16(11(2)17(18)21-15)14-10-19-9-12-7-4-5-8-13(12)14/h4-5,7-10H,3,6H2,1-2H3. The van der Waals surface area contributed by atoms with Gasteiger partial charge in [-0.25, -0.2) is 9.97 Å². The Bertz CT molecular complexity index is 794. The predicted molar refractivity (Wildman–Crippen MR) is 86.5 cm³/mol. The molecule has 1 aromatic carbocycles. The first-order valence-electron chi connectivity index (χ1n) is 7.07. The van der Waals surface area contributed by atoms with Crippen LogP contribution in [0.3, 0.4) is 0 Å². The fourth-order valence-electron chi connectivity index (χ4n) is 2.44. The number of fused-ring (bicyclic) bond motifs is 1. The molecule has 0 saturated carbocycles. The highest BCUT2D eigenvalue weighted by atomic mass is 35.5.